The fourth-order valence-electron chi connectivity index (χ4n) is 3.68. The van der Waals surface area contributed by atoms with Gasteiger partial charge in [0.05, 0.1) is 31.1 Å². The average molecular weight is 443 g/mol. The Morgan fingerprint density at radius 1 is 1.22 bits per heavy atom. The standard InChI is InChI=1S/C24H38N6O2/c1-18(2)16-30-12-13-31-23(17-30)15-26-24(25-14-21-10-11-27-29(21)5)28-20-6-8-22(9-7-20)32-19(3)4/h6-11,18-19,23H,12-17H2,1-5H3,(H2,25,26,28). The normalized spacial score (nSPS) is 17.7. The molecule has 8 heteroatoms. The number of aromatic nitrogens is 2. The van der Waals surface area contributed by atoms with E-state index in [0.29, 0.717) is 25.0 Å². The molecule has 2 aromatic rings. The maximum atomic E-state index is 5.99. The van der Waals surface area contributed by atoms with Gasteiger partial charge in [-0.2, -0.15) is 5.10 Å². The molecule has 0 bridgehead atoms. The summed E-state index contributed by atoms with van der Waals surface area (Å²) in [4.78, 5) is 7.26. The van der Waals surface area contributed by atoms with E-state index in [1.165, 1.54) is 0 Å². The Morgan fingerprint density at radius 2 is 2.00 bits per heavy atom. The molecule has 2 N–H and O–H groups in total. The van der Waals surface area contributed by atoms with Crippen molar-refractivity contribution in [1.29, 1.82) is 0 Å². The largest absolute Gasteiger partial charge is 0.491 e. The molecule has 1 aromatic heterocycles. The fourth-order valence-corrected chi connectivity index (χ4v) is 3.68. The Labute approximate surface area is 192 Å². The highest BCUT2D eigenvalue weighted by atomic mass is 16.5. The van der Waals surface area contributed by atoms with Gasteiger partial charge in [0.15, 0.2) is 5.96 Å². The number of aryl methyl sites for hydroxylation is 1. The Hall–Kier alpha value is -2.58. The van der Waals surface area contributed by atoms with E-state index in [2.05, 4.69) is 34.5 Å². The predicted octanol–water partition coefficient (Wildman–Crippen LogP) is 3.12. The van der Waals surface area contributed by atoms with Gasteiger partial charge >= 0.3 is 0 Å². The van der Waals surface area contributed by atoms with Crippen LogP contribution in [0.1, 0.15) is 33.4 Å². The molecule has 0 saturated carbocycles. The first kappa shape index (κ1) is 24.1. The predicted molar refractivity (Wildman–Crippen MR) is 129 cm³/mol. The number of hydrogen-bond donors (Lipinski definition) is 2. The molecule has 1 aliphatic rings. The average Bonchev–Trinajstić information content (AvgIpc) is 3.15. The van der Waals surface area contributed by atoms with Crippen molar-refractivity contribution in [1.82, 2.24) is 20.0 Å². The summed E-state index contributed by atoms with van der Waals surface area (Å²) in [6.45, 7) is 13.6. The van der Waals surface area contributed by atoms with Gasteiger partial charge in [-0.1, -0.05) is 13.8 Å². The van der Waals surface area contributed by atoms with E-state index in [1.807, 2.05) is 55.9 Å². The Kier molecular flexibility index (Phi) is 8.93. The molecule has 1 fully saturated rings. The summed E-state index contributed by atoms with van der Waals surface area (Å²) in [7, 11) is 1.93. The van der Waals surface area contributed by atoms with Crippen molar-refractivity contribution in [2.75, 3.05) is 38.1 Å². The topological polar surface area (TPSA) is 75.9 Å². The summed E-state index contributed by atoms with van der Waals surface area (Å²) < 4.78 is 13.6. The summed E-state index contributed by atoms with van der Waals surface area (Å²) in [5.74, 6) is 2.23. The summed E-state index contributed by atoms with van der Waals surface area (Å²) in [6, 6.07) is 9.92. The van der Waals surface area contributed by atoms with Gasteiger partial charge in [0, 0.05) is 45.1 Å². The molecule has 32 heavy (non-hydrogen) atoms. The van der Waals surface area contributed by atoms with Gasteiger partial charge in [-0.25, -0.2) is 4.99 Å². The third-order valence-electron chi connectivity index (χ3n) is 5.15. The van der Waals surface area contributed by atoms with Gasteiger partial charge < -0.3 is 20.1 Å². The Morgan fingerprint density at radius 3 is 2.66 bits per heavy atom. The fraction of sp³-hybridized carbons (Fsp3) is 0.583. The molecule has 1 aromatic carbocycles. The molecule has 0 aliphatic carbocycles. The number of ether oxygens (including phenoxy) is 2. The quantitative estimate of drug-likeness (QED) is 0.459. The number of nitrogens with one attached hydrogen (secondary N) is 2. The maximum Gasteiger partial charge on any atom is 0.196 e. The first-order valence-electron chi connectivity index (χ1n) is 11.5. The zero-order valence-electron chi connectivity index (χ0n) is 20.0. The molecule has 8 nitrogen and oxygen atoms in total. The van der Waals surface area contributed by atoms with Crippen LogP contribution in [0.25, 0.3) is 0 Å². The molecule has 0 spiro atoms. The van der Waals surface area contributed by atoms with Crippen molar-refractivity contribution in [3.63, 3.8) is 0 Å². The number of guanidine groups is 1. The molecule has 1 saturated heterocycles. The Balaban J connectivity index is 1.63. The summed E-state index contributed by atoms with van der Waals surface area (Å²) >= 11 is 0. The van der Waals surface area contributed by atoms with Gasteiger partial charge in [0.25, 0.3) is 0 Å². The molecule has 1 unspecified atom stereocenters. The van der Waals surface area contributed by atoms with Crippen LogP contribution in [0.3, 0.4) is 0 Å². The second kappa shape index (κ2) is 11.9. The lowest BCUT2D eigenvalue weighted by Gasteiger charge is -2.34. The van der Waals surface area contributed by atoms with Gasteiger partial charge in [0.2, 0.25) is 0 Å². The highest BCUT2D eigenvalue weighted by molar-refractivity contribution is 5.93. The van der Waals surface area contributed by atoms with Crippen LogP contribution in [0, 0.1) is 5.92 Å². The smallest absolute Gasteiger partial charge is 0.196 e. The van der Waals surface area contributed by atoms with E-state index in [-0.39, 0.29) is 12.2 Å². The van der Waals surface area contributed by atoms with E-state index >= 15 is 0 Å². The molecule has 176 valence electrons. The van der Waals surface area contributed by atoms with Gasteiger partial charge in [-0.05, 0) is 50.1 Å². The van der Waals surface area contributed by atoms with E-state index in [4.69, 9.17) is 14.5 Å². The van der Waals surface area contributed by atoms with Crippen LogP contribution in [0.2, 0.25) is 0 Å². The number of benzene rings is 1. The SMILES string of the molecule is CC(C)CN1CCOC(CNC(=NCc2ccnn2C)Nc2ccc(OC(C)C)cc2)C1. The molecule has 3 rings (SSSR count). The van der Waals surface area contributed by atoms with Gasteiger partial charge in [0.1, 0.15) is 5.75 Å². The Bertz CT molecular complexity index is 846. The van der Waals surface area contributed by atoms with Crippen LogP contribution in [-0.2, 0) is 18.3 Å². The molecule has 2 heterocycles. The minimum atomic E-state index is 0.132. The van der Waals surface area contributed by atoms with Crippen LogP contribution in [0.15, 0.2) is 41.5 Å². The first-order chi connectivity index (χ1) is 15.4. The van der Waals surface area contributed by atoms with Crippen LogP contribution >= 0.6 is 0 Å². The lowest BCUT2D eigenvalue weighted by molar-refractivity contribution is -0.0283. The van der Waals surface area contributed by atoms with E-state index in [0.717, 1.165) is 43.4 Å². The highest BCUT2D eigenvalue weighted by Gasteiger charge is 2.21. The number of nitrogens with zero attached hydrogens (tertiary/aromatic N) is 4. The third-order valence-corrected chi connectivity index (χ3v) is 5.15. The van der Waals surface area contributed by atoms with Crippen molar-refractivity contribution in [2.45, 2.75) is 46.4 Å². The molecule has 1 atom stereocenters. The van der Waals surface area contributed by atoms with Crippen LogP contribution in [-0.4, -0.2) is 65.6 Å². The zero-order chi connectivity index (χ0) is 22.9. The van der Waals surface area contributed by atoms with Crippen molar-refractivity contribution < 1.29 is 9.47 Å². The second-order valence-corrected chi connectivity index (χ2v) is 8.95. The lowest BCUT2D eigenvalue weighted by atomic mass is 10.2. The number of rotatable bonds is 9. The summed E-state index contributed by atoms with van der Waals surface area (Å²) in [6.07, 6.45) is 2.07. The van der Waals surface area contributed by atoms with Crippen LogP contribution < -0.4 is 15.4 Å². The van der Waals surface area contributed by atoms with Gasteiger partial charge in [-0.15, -0.1) is 0 Å². The van der Waals surface area contributed by atoms with Crippen molar-refractivity contribution in [2.24, 2.45) is 18.0 Å². The van der Waals surface area contributed by atoms with Crippen LogP contribution in [0.5, 0.6) is 5.75 Å². The van der Waals surface area contributed by atoms with E-state index in [1.54, 1.807) is 6.20 Å². The maximum absolute atomic E-state index is 5.99. The molecule has 1 aliphatic heterocycles. The van der Waals surface area contributed by atoms with E-state index < -0.39 is 0 Å². The minimum absolute atomic E-state index is 0.132. The molecular formula is C24H38N6O2. The zero-order valence-corrected chi connectivity index (χ0v) is 20.0. The summed E-state index contributed by atoms with van der Waals surface area (Å²) in [5.41, 5.74) is 1.99. The lowest BCUT2D eigenvalue weighted by Crippen LogP contribution is -2.49. The van der Waals surface area contributed by atoms with E-state index in [9.17, 15) is 0 Å². The number of aliphatic imine (C=N–C) groups is 1. The number of morpholine rings is 1. The van der Waals surface area contributed by atoms with Crippen molar-refractivity contribution in [3.8, 4) is 5.75 Å². The molecule has 0 radical (unpaired) electrons. The monoisotopic (exact) mass is 442 g/mol. The second-order valence-electron chi connectivity index (χ2n) is 8.95. The number of hydrogen-bond acceptors (Lipinski definition) is 5. The molecular weight excluding hydrogens is 404 g/mol. The third kappa shape index (κ3) is 7.84. The van der Waals surface area contributed by atoms with Crippen molar-refractivity contribution in [3.05, 3.63) is 42.2 Å². The highest BCUT2D eigenvalue weighted by Crippen LogP contribution is 2.17. The number of anilines is 1. The summed E-state index contributed by atoms with van der Waals surface area (Å²) in [5, 5.41) is 11.1. The van der Waals surface area contributed by atoms with Crippen molar-refractivity contribution >= 4 is 11.6 Å². The van der Waals surface area contributed by atoms with Crippen LogP contribution in [0.4, 0.5) is 5.69 Å². The van der Waals surface area contributed by atoms with Gasteiger partial charge in [-0.3, -0.25) is 9.58 Å². The molecule has 0 amide bonds. The minimum Gasteiger partial charge on any atom is -0.491 e. The first-order valence-corrected chi connectivity index (χ1v) is 11.5.